The number of amides is 1. The normalized spacial score (nSPS) is 22.9. The van der Waals surface area contributed by atoms with Crippen LogP contribution in [0.3, 0.4) is 0 Å². The van der Waals surface area contributed by atoms with Gasteiger partial charge in [0.2, 0.25) is 5.88 Å². The van der Waals surface area contributed by atoms with Crippen LogP contribution in [0.1, 0.15) is 15.9 Å². The highest BCUT2D eigenvalue weighted by Gasteiger charge is 2.48. The molecule has 1 unspecified atom stereocenters. The maximum absolute atomic E-state index is 14.5. The number of nitrogens with one attached hydrogen (secondary N) is 2. The molecule has 3 aromatic rings. The van der Waals surface area contributed by atoms with Gasteiger partial charge < -0.3 is 34.4 Å². The van der Waals surface area contributed by atoms with Gasteiger partial charge in [0.1, 0.15) is 48.1 Å². The predicted molar refractivity (Wildman–Crippen MR) is 117 cm³/mol. The number of hydrogen-bond donors (Lipinski definition) is 3. The average molecular weight is 522 g/mol. The lowest BCUT2D eigenvalue weighted by molar-refractivity contribution is 0.00706. The number of nitrogens with zero attached hydrogens (tertiary/aromatic N) is 3. The number of imidazole rings is 1. The van der Waals surface area contributed by atoms with Crippen LogP contribution < -0.4 is 14.8 Å². The molecule has 188 valence electrons. The Balaban J connectivity index is 1.29. The number of carbonyl (C=O) groups is 1. The Morgan fingerprint density at radius 1 is 1.25 bits per heavy atom. The van der Waals surface area contributed by atoms with Crippen LogP contribution in [0.15, 0.2) is 18.2 Å². The number of H-pyrrole nitrogens is 1. The second-order valence-corrected chi connectivity index (χ2v) is 8.46. The Labute approximate surface area is 206 Å². The van der Waals surface area contributed by atoms with E-state index in [-0.39, 0.29) is 47.9 Å². The molecule has 0 saturated carbocycles. The number of aliphatic hydroxyl groups is 1. The molecule has 0 bridgehead atoms. The number of hydrogen-bond acceptors (Lipinski definition) is 9. The fourth-order valence-corrected chi connectivity index (χ4v) is 4.17. The maximum atomic E-state index is 14.5. The van der Waals surface area contributed by atoms with Gasteiger partial charge in [0.25, 0.3) is 11.9 Å². The molecule has 2 fully saturated rings. The zero-order chi connectivity index (χ0) is 25.4. The lowest BCUT2D eigenvalue weighted by atomic mass is 10.1. The molecule has 0 radical (unpaired) electrons. The number of rotatable bonds is 7. The molecule has 2 aromatic heterocycles. The van der Waals surface area contributed by atoms with E-state index in [0.29, 0.717) is 5.52 Å². The molecule has 4 atom stereocenters. The van der Waals surface area contributed by atoms with Crippen LogP contribution in [0.25, 0.3) is 11.2 Å². The van der Waals surface area contributed by atoms with Gasteiger partial charge in [0, 0.05) is 5.56 Å². The van der Waals surface area contributed by atoms with Gasteiger partial charge in [0.05, 0.1) is 30.4 Å². The van der Waals surface area contributed by atoms with E-state index in [1.165, 1.54) is 6.07 Å². The van der Waals surface area contributed by atoms with E-state index in [1.54, 1.807) is 6.07 Å². The summed E-state index contributed by atoms with van der Waals surface area (Å²) in [5.41, 5.74) is -0.111. The van der Waals surface area contributed by atoms with Gasteiger partial charge in [-0.2, -0.15) is 15.2 Å². The summed E-state index contributed by atoms with van der Waals surface area (Å²) < 4.78 is 51.3. The van der Waals surface area contributed by atoms with Crippen molar-refractivity contribution in [3.63, 3.8) is 0 Å². The van der Waals surface area contributed by atoms with E-state index in [4.69, 9.17) is 35.8 Å². The highest BCUT2D eigenvalue weighted by atomic mass is 35.5. The number of nitriles is 1. The molecule has 1 amide bonds. The van der Waals surface area contributed by atoms with Crippen molar-refractivity contribution in [1.82, 2.24) is 20.3 Å². The Hall–Kier alpha value is -3.57. The summed E-state index contributed by atoms with van der Waals surface area (Å²) >= 11 is 6.22. The number of aliphatic hydroxyl groups excluding tert-OH is 1. The van der Waals surface area contributed by atoms with Gasteiger partial charge in [-0.25, -0.2) is 8.78 Å². The average Bonchev–Trinajstić information content (AvgIpc) is 3.53. The lowest BCUT2D eigenvalue weighted by Gasteiger charge is -2.15. The molecule has 0 spiro atoms. The van der Waals surface area contributed by atoms with Gasteiger partial charge in [0.15, 0.2) is 11.8 Å². The summed E-state index contributed by atoms with van der Waals surface area (Å²) in [4.78, 5) is 23.2. The highest BCUT2D eigenvalue weighted by molar-refractivity contribution is 6.32. The fourth-order valence-electron chi connectivity index (χ4n) is 3.96. The molecule has 0 aliphatic carbocycles. The number of benzene rings is 1. The van der Waals surface area contributed by atoms with E-state index >= 15 is 0 Å². The number of aromatic amines is 1. The molecule has 1 aromatic carbocycles. The van der Waals surface area contributed by atoms with Crippen molar-refractivity contribution < 1.29 is 37.6 Å². The Morgan fingerprint density at radius 2 is 2.00 bits per heavy atom. The first-order chi connectivity index (χ1) is 17.3. The van der Waals surface area contributed by atoms with Gasteiger partial charge in [-0.05, 0) is 18.2 Å². The van der Waals surface area contributed by atoms with Gasteiger partial charge >= 0.3 is 0 Å². The van der Waals surface area contributed by atoms with Crippen LogP contribution in [-0.4, -0.2) is 70.1 Å². The van der Waals surface area contributed by atoms with E-state index in [2.05, 4.69) is 20.3 Å². The topological polar surface area (TPSA) is 152 Å². The van der Waals surface area contributed by atoms with Crippen molar-refractivity contribution in [2.75, 3.05) is 19.8 Å². The molecule has 3 N–H and O–H groups in total. The zero-order valence-electron chi connectivity index (χ0n) is 18.3. The van der Waals surface area contributed by atoms with Crippen molar-refractivity contribution >= 4 is 28.7 Å². The fraction of sp³-hybridized carbons (Fsp3) is 0.364. The summed E-state index contributed by atoms with van der Waals surface area (Å²) in [5.74, 6) is -2.94. The largest absolute Gasteiger partial charge is 0.471 e. The van der Waals surface area contributed by atoms with E-state index < -0.39 is 54.1 Å². The molecule has 36 heavy (non-hydrogen) atoms. The van der Waals surface area contributed by atoms with E-state index in [0.717, 1.165) is 12.1 Å². The zero-order valence-corrected chi connectivity index (χ0v) is 19.1. The number of pyridine rings is 1. The lowest BCUT2D eigenvalue weighted by Crippen LogP contribution is -2.34. The third-order valence-corrected chi connectivity index (χ3v) is 5.97. The molecule has 2 saturated heterocycles. The summed E-state index contributed by atoms with van der Waals surface area (Å²) in [5, 5.41) is 20.6. The van der Waals surface area contributed by atoms with Gasteiger partial charge in [-0.15, -0.1) is 0 Å². The quantitative estimate of drug-likeness (QED) is 0.394. The molecule has 4 heterocycles. The van der Waals surface area contributed by atoms with E-state index in [9.17, 15) is 18.7 Å². The Kier molecular flexibility index (Phi) is 6.59. The van der Waals surface area contributed by atoms with Crippen LogP contribution >= 0.6 is 11.6 Å². The monoisotopic (exact) mass is 521 g/mol. The highest BCUT2D eigenvalue weighted by Crippen LogP contribution is 2.31. The smallest absolute Gasteiger partial charge is 0.296 e. The van der Waals surface area contributed by atoms with Crippen LogP contribution in [0, 0.1) is 23.0 Å². The third-order valence-electron chi connectivity index (χ3n) is 5.70. The maximum Gasteiger partial charge on any atom is 0.296 e. The third kappa shape index (κ3) is 4.63. The minimum Gasteiger partial charge on any atom is -0.471 e. The number of carbonyl (C=O) groups excluding carboxylic acids is 1. The SMILES string of the molecule is N#CCNC(=O)c1cc(F)c(COc2nc3nc(O[C@@H]4CO[C@H]5C4OC[C@H]5O)[nH]c3cc2Cl)c(F)c1. The molecule has 2 aliphatic heterocycles. The summed E-state index contributed by atoms with van der Waals surface area (Å²) in [6.07, 6.45) is -2.10. The van der Waals surface area contributed by atoms with Crippen molar-refractivity contribution in [2.45, 2.75) is 31.0 Å². The van der Waals surface area contributed by atoms with Crippen molar-refractivity contribution in [1.29, 1.82) is 5.26 Å². The standard InChI is InChI=1S/C22H18ClF2N5O6/c23-11-5-14-19(30-22(28-14)36-16-8-34-17-15(31)7-33-18(16)17)29-21(11)35-6-10-12(24)3-9(4-13(10)25)20(32)27-2-1-26/h3-5,15-18,31H,2,6-8H2,(H,27,32)(H,28,29,30)/t15-,16-,17-,18?/m1/s1. The van der Waals surface area contributed by atoms with Crippen molar-refractivity contribution in [3.8, 4) is 18.0 Å². The molecular formula is C22H18ClF2N5O6. The van der Waals surface area contributed by atoms with Crippen LogP contribution in [0.2, 0.25) is 5.02 Å². The number of halogens is 3. The second-order valence-electron chi connectivity index (χ2n) is 8.06. The minimum absolute atomic E-state index is 0.0533. The minimum atomic E-state index is -1.01. The molecule has 11 nitrogen and oxygen atoms in total. The van der Waals surface area contributed by atoms with Crippen LogP contribution in [-0.2, 0) is 16.1 Å². The second kappa shape index (κ2) is 9.82. The number of ether oxygens (including phenoxy) is 4. The predicted octanol–water partition coefficient (Wildman–Crippen LogP) is 1.63. The van der Waals surface area contributed by atoms with Crippen molar-refractivity contribution in [2.24, 2.45) is 0 Å². The molecular weight excluding hydrogens is 504 g/mol. The van der Waals surface area contributed by atoms with Crippen molar-refractivity contribution in [3.05, 3.63) is 46.0 Å². The van der Waals surface area contributed by atoms with Gasteiger partial charge in [-0.3, -0.25) is 4.79 Å². The molecule has 5 rings (SSSR count). The first-order valence-corrected chi connectivity index (χ1v) is 11.1. The first kappa shape index (κ1) is 24.1. The Morgan fingerprint density at radius 3 is 2.75 bits per heavy atom. The first-order valence-electron chi connectivity index (χ1n) is 10.7. The number of aromatic nitrogens is 3. The Bertz CT molecular complexity index is 1340. The van der Waals surface area contributed by atoms with Gasteiger partial charge in [-0.1, -0.05) is 11.6 Å². The summed E-state index contributed by atoms with van der Waals surface area (Å²) in [6, 6.07) is 4.97. The number of fused-ring (bicyclic) bond motifs is 2. The van der Waals surface area contributed by atoms with E-state index in [1.807, 2.05) is 0 Å². The van der Waals surface area contributed by atoms with Crippen LogP contribution in [0.5, 0.6) is 11.9 Å². The van der Waals surface area contributed by atoms with Crippen LogP contribution in [0.4, 0.5) is 8.78 Å². The summed E-state index contributed by atoms with van der Waals surface area (Å²) in [7, 11) is 0. The summed E-state index contributed by atoms with van der Waals surface area (Å²) in [6.45, 7) is -0.495. The molecule has 2 aliphatic rings. The molecule has 14 heteroatoms.